The Kier molecular flexibility index (Phi) is 7.54. The van der Waals surface area contributed by atoms with Gasteiger partial charge < -0.3 is 21.5 Å². The lowest BCUT2D eigenvalue weighted by Crippen LogP contribution is -2.32. The number of anilines is 3. The number of carbonyl (C=O) groups is 1. The number of halogens is 3. The number of alkyl halides is 2. The van der Waals surface area contributed by atoms with Crippen LogP contribution in [0.25, 0.3) is 0 Å². The molecule has 0 aliphatic heterocycles. The zero-order valence-corrected chi connectivity index (χ0v) is 15.5. The van der Waals surface area contributed by atoms with Crippen molar-refractivity contribution in [3.63, 3.8) is 0 Å². The quantitative estimate of drug-likeness (QED) is 0.470. The average molecular weight is 395 g/mol. The third-order valence-electron chi connectivity index (χ3n) is 4.26. The monoisotopic (exact) mass is 395 g/mol. The minimum atomic E-state index is -2.35. The van der Waals surface area contributed by atoms with Crippen LogP contribution in [0.4, 0.5) is 30.2 Å². The van der Waals surface area contributed by atoms with Crippen molar-refractivity contribution in [3.05, 3.63) is 47.8 Å². The van der Waals surface area contributed by atoms with E-state index in [9.17, 15) is 23.1 Å². The van der Waals surface area contributed by atoms with Crippen molar-refractivity contribution < 1.29 is 23.1 Å². The molecule has 28 heavy (non-hydrogen) atoms. The number of unbranched alkanes of at least 4 members (excludes halogenated alkanes) is 1. The molecule has 0 fully saturated rings. The SMILES string of the molecule is CCCCC(F)C(F)C(=O)Nc1ccc(NCc2ccc(O)cc2)c(F)c1N. The first kappa shape index (κ1) is 21.4. The molecule has 0 saturated heterocycles. The van der Waals surface area contributed by atoms with Gasteiger partial charge in [0.25, 0.3) is 5.91 Å². The van der Waals surface area contributed by atoms with E-state index in [0.717, 1.165) is 5.56 Å². The molecule has 0 aliphatic rings. The molecule has 152 valence electrons. The Hall–Kier alpha value is -2.90. The lowest BCUT2D eigenvalue weighted by Gasteiger charge is -2.16. The van der Waals surface area contributed by atoms with E-state index in [1.807, 2.05) is 6.92 Å². The van der Waals surface area contributed by atoms with Crippen LogP contribution in [0.1, 0.15) is 31.7 Å². The van der Waals surface area contributed by atoms with Crippen LogP contribution in [0.5, 0.6) is 5.75 Å². The van der Waals surface area contributed by atoms with Gasteiger partial charge in [0.05, 0.1) is 17.1 Å². The minimum absolute atomic E-state index is 0.0605. The summed E-state index contributed by atoms with van der Waals surface area (Å²) in [5.41, 5.74) is 6.09. The molecule has 0 heterocycles. The van der Waals surface area contributed by atoms with Crippen LogP contribution in [0, 0.1) is 5.82 Å². The first-order chi connectivity index (χ1) is 13.3. The highest BCUT2D eigenvalue weighted by Crippen LogP contribution is 2.29. The number of amides is 1. The van der Waals surface area contributed by atoms with Gasteiger partial charge in [0, 0.05) is 6.54 Å². The van der Waals surface area contributed by atoms with Crippen LogP contribution in [0.3, 0.4) is 0 Å². The maximum atomic E-state index is 14.5. The summed E-state index contributed by atoms with van der Waals surface area (Å²) < 4.78 is 42.1. The lowest BCUT2D eigenvalue weighted by molar-refractivity contribution is -0.123. The van der Waals surface area contributed by atoms with Crippen molar-refractivity contribution in [2.75, 3.05) is 16.4 Å². The fraction of sp³-hybridized carbons (Fsp3) is 0.350. The van der Waals surface area contributed by atoms with E-state index in [0.29, 0.717) is 12.8 Å². The molecule has 2 aromatic carbocycles. The van der Waals surface area contributed by atoms with Crippen LogP contribution >= 0.6 is 0 Å². The number of phenols is 1. The first-order valence-electron chi connectivity index (χ1n) is 9.02. The van der Waals surface area contributed by atoms with Gasteiger partial charge in [-0.15, -0.1) is 0 Å². The molecule has 0 aromatic heterocycles. The van der Waals surface area contributed by atoms with Gasteiger partial charge in [-0.05, 0) is 36.2 Å². The van der Waals surface area contributed by atoms with Gasteiger partial charge >= 0.3 is 0 Å². The molecule has 2 atom stereocenters. The summed E-state index contributed by atoms with van der Waals surface area (Å²) in [7, 11) is 0. The Morgan fingerprint density at radius 2 is 1.79 bits per heavy atom. The van der Waals surface area contributed by atoms with Crippen LogP contribution < -0.4 is 16.4 Å². The third kappa shape index (κ3) is 5.55. The second-order valence-corrected chi connectivity index (χ2v) is 6.46. The van der Waals surface area contributed by atoms with E-state index in [4.69, 9.17) is 5.73 Å². The third-order valence-corrected chi connectivity index (χ3v) is 4.26. The van der Waals surface area contributed by atoms with Crippen molar-refractivity contribution in [2.45, 2.75) is 45.1 Å². The highest BCUT2D eigenvalue weighted by Gasteiger charge is 2.28. The number of hydrogen-bond donors (Lipinski definition) is 4. The molecule has 2 aromatic rings. The number of carbonyl (C=O) groups excluding carboxylic acids is 1. The van der Waals surface area contributed by atoms with Crippen molar-refractivity contribution in [3.8, 4) is 5.75 Å². The fourth-order valence-electron chi connectivity index (χ4n) is 2.56. The predicted octanol–water partition coefficient (Wildman–Crippen LogP) is 4.53. The van der Waals surface area contributed by atoms with Gasteiger partial charge in [-0.25, -0.2) is 13.2 Å². The molecule has 2 rings (SSSR count). The molecule has 2 unspecified atom stereocenters. The van der Waals surface area contributed by atoms with E-state index < -0.39 is 24.1 Å². The molecule has 1 amide bonds. The average Bonchev–Trinajstić information content (AvgIpc) is 2.69. The van der Waals surface area contributed by atoms with Crippen LogP contribution in [-0.2, 0) is 11.3 Å². The number of phenolic OH excluding ortho intramolecular Hbond substituents is 1. The van der Waals surface area contributed by atoms with Gasteiger partial charge in [-0.2, -0.15) is 0 Å². The maximum absolute atomic E-state index is 14.5. The van der Waals surface area contributed by atoms with Crippen molar-refractivity contribution in [2.24, 2.45) is 0 Å². The molecular formula is C20H24F3N3O2. The van der Waals surface area contributed by atoms with Crippen LogP contribution in [0.2, 0.25) is 0 Å². The number of nitrogen functional groups attached to an aromatic ring is 1. The van der Waals surface area contributed by atoms with E-state index >= 15 is 0 Å². The Balaban J connectivity index is 2.02. The van der Waals surface area contributed by atoms with Crippen molar-refractivity contribution in [1.82, 2.24) is 0 Å². The van der Waals surface area contributed by atoms with Crippen LogP contribution in [-0.4, -0.2) is 23.4 Å². The standard InChI is InChI=1S/C20H24F3N3O2/c1-2-3-4-14(21)17(22)20(28)26-16-10-9-15(18(23)19(16)24)25-11-12-5-7-13(27)8-6-12/h5-10,14,17,25,27H,2-4,11,24H2,1H3,(H,26,28). The summed E-state index contributed by atoms with van der Waals surface area (Å²) in [5, 5.41) is 14.3. The Labute approximate surface area is 161 Å². The molecule has 0 radical (unpaired) electrons. The van der Waals surface area contributed by atoms with Gasteiger partial charge in [0.2, 0.25) is 6.17 Å². The second-order valence-electron chi connectivity index (χ2n) is 6.46. The smallest absolute Gasteiger partial charge is 0.262 e. The summed E-state index contributed by atoms with van der Waals surface area (Å²) in [6, 6.07) is 9.02. The van der Waals surface area contributed by atoms with E-state index in [-0.39, 0.29) is 35.8 Å². The molecule has 0 aliphatic carbocycles. The van der Waals surface area contributed by atoms with Gasteiger partial charge in [-0.1, -0.05) is 31.9 Å². The molecule has 5 nitrogen and oxygen atoms in total. The highest BCUT2D eigenvalue weighted by molar-refractivity contribution is 5.97. The van der Waals surface area contributed by atoms with Crippen molar-refractivity contribution in [1.29, 1.82) is 0 Å². The minimum Gasteiger partial charge on any atom is -0.508 e. The number of aromatic hydroxyl groups is 1. The molecule has 0 bridgehead atoms. The number of rotatable bonds is 9. The molecule has 8 heteroatoms. The first-order valence-corrected chi connectivity index (χ1v) is 9.02. The highest BCUT2D eigenvalue weighted by atomic mass is 19.2. The number of hydrogen-bond acceptors (Lipinski definition) is 4. The van der Waals surface area contributed by atoms with Gasteiger partial charge in [-0.3, -0.25) is 4.79 Å². The Morgan fingerprint density at radius 1 is 1.14 bits per heavy atom. The van der Waals surface area contributed by atoms with Gasteiger partial charge in [0.15, 0.2) is 5.82 Å². The van der Waals surface area contributed by atoms with Gasteiger partial charge in [0.1, 0.15) is 11.9 Å². The van der Waals surface area contributed by atoms with E-state index in [1.165, 1.54) is 24.3 Å². The molecule has 0 spiro atoms. The summed E-state index contributed by atoms with van der Waals surface area (Å²) >= 11 is 0. The zero-order chi connectivity index (χ0) is 20.7. The predicted molar refractivity (Wildman–Crippen MR) is 104 cm³/mol. The normalized spacial score (nSPS) is 13.0. The summed E-state index contributed by atoms with van der Waals surface area (Å²) in [6.45, 7) is 2.11. The maximum Gasteiger partial charge on any atom is 0.262 e. The zero-order valence-electron chi connectivity index (χ0n) is 15.5. The Morgan fingerprint density at radius 3 is 2.43 bits per heavy atom. The fourth-order valence-corrected chi connectivity index (χ4v) is 2.56. The van der Waals surface area contributed by atoms with E-state index in [2.05, 4.69) is 10.6 Å². The lowest BCUT2D eigenvalue weighted by atomic mass is 10.1. The number of nitrogens with two attached hydrogens (primary N) is 1. The summed E-state index contributed by atoms with van der Waals surface area (Å²) in [4.78, 5) is 11.9. The largest absolute Gasteiger partial charge is 0.508 e. The molecular weight excluding hydrogens is 371 g/mol. The van der Waals surface area contributed by atoms with E-state index in [1.54, 1.807) is 12.1 Å². The summed E-state index contributed by atoms with van der Waals surface area (Å²) in [6.07, 6.45) is -3.17. The number of benzene rings is 2. The topological polar surface area (TPSA) is 87.4 Å². The molecule has 0 saturated carbocycles. The van der Waals surface area contributed by atoms with Crippen LogP contribution in [0.15, 0.2) is 36.4 Å². The number of nitrogens with one attached hydrogen (secondary N) is 2. The molecule has 5 N–H and O–H groups in total. The summed E-state index contributed by atoms with van der Waals surface area (Å²) in [5.74, 6) is -1.88. The second kappa shape index (κ2) is 9.87. The van der Waals surface area contributed by atoms with Crippen molar-refractivity contribution >= 4 is 23.0 Å². The Bertz CT molecular complexity index is 800.